The third-order valence-corrected chi connectivity index (χ3v) is 4.32. The zero-order valence-electron chi connectivity index (χ0n) is 15.5. The highest BCUT2D eigenvalue weighted by Gasteiger charge is 2.30. The van der Waals surface area contributed by atoms with Crippen molar-refractivity contribution in [2.75, 3.05) is 4.90 Å². The van der Waals surface area contributed by atoms with Crippen LogP contribution in [0.25, 0.3) is 22.4 Å². The van der Waals surface area contributed by atoms with Gasteiger partial charge >= 0.3 is 6.09 Å². The van der Waals surface area contributed by atoms with Gasteiger partial charge in [0.25, 0.3) is 5.69 Å². The molecule has 8 heteroatoms. The number of benzene rings is 2. The maximum Gasteiger partial charge on any atom is 0.412 e. The predicted octanol–water partition coefficient (Wildman–Crippen LogP) is 4.43. The molecule has 140 valence electrons. The Hall–Kier alpha value is -3.42. The minimum Gasteiger partial charge on any atom is -0.465 e. The van der Waals surface area contributed by atoms with Crippen molar-refractivity contribution in [3.05, 3.63) is 52.6 Å². The van der Waals surface area contributed by atoms with Crippen LogP contribution in [0.4, 0.5) is 16.2 Å². The Morgan fingerprint density at radius 1 is 1.22 bits per heavy atom. The minimum absolute atomic E-state index is 0.0395. The van der Waals surface area contributed by atoms with Gasteiger partial charge in [-0.2, -0.15) is 0 Å². The molecule has 1 amide bonds. The zero-order chi connectivity index (χ0) is 19.9. The number of nitrogens with zero attached hydrogens (tertiary/aromatic N) is 4. The zero-order valence-corrected chi connectivity index (χ0v) is 15.5. The van der Waals surface area contributed by atoms with E-state index in [1.807, 2.05) is 26.8 Å². The number of aromatic nitrogens is 2. The van der Waals surface area contributed by atoms with Crippen molar-refractivity contribution in [3.8, 4) is 11.4 Å². The highest BCUT2D eigenvalue weighted by atomic mass is 16.6. The molecular formula is C19H20N4O4. The lowest BCUT2D eigenvalue weighted by molar-refractivity contribution is -0.384. The van der Waals surface area contributed by atoms with E-state index in [4.69, 9.17) is 0 Å². The van der Waals surface area contributed by atoms with Crippen LogP contribution in [0.5, 0.6) is 0 Å². The van der Waals surface area contributed by atoms with E-state index < -0.39 is 16.6 Å². The van der Waals surface area contributed by atoms with Gasteiger partial charge in [0, 0.05) is 30.3 Å². The Morgan fingerprint density at radius 2 is 1.89 bits per heavy atom. The van der Waals surface area contributed by atoms with Crippen LogP contribution in [0.3, 0.4) is 0 Å². The monoisotopic (exact) mass is 368 g/mol. The molecule has 3 aromatic rings. The Morgan fingerprint density at radius 3 is 2.48 bits per heavy atom. The minimum atomic E-state index is -1.07. The molecule has 0 saturated carbocycles. The Labute approximate surface area is 155 Å². The predicted molar refractivity (Wildman–Crippen MR) is 103 cm³/mol. The Bertz CT molecular complexity index is 1050. The summed E-state index contributed by atoms with van der Waals surface area (Å²) >= 11 is 0. The van der Waals surface area contributed by atoms with Gasteiger partial charge in [-0.15, -0.1) is 0 Å². The third kappa shape index (κ3) is 3.21. The average molecular weight is 368 g/mol. The first kappa shape index (κ1) is 18.4. The number of aryl methyl sites for hydroxylation is 1. The second kappa shape index (κ2) is 6.39. The van der Waals surface area contributed by atoms with E-state index in [9.17, 15) is 20.0 Å². The molecule has 0 fully saturated rings. The highest BCUT2D eigenvalue weighted by molar-refractivity contribution is 5.94. The Kier molecular flexibility index (Phi) is 4.35. The number of fused-ring (bicyclic) bond motifs is 1. The van der Waals surface area contributed by atoms with Crippen LogP contribution in [-0.2, 0) is 7.05 Å². The Balaban J connectivity index is 2.25. The molecule has 0 spiro atoms. The second-order valence-electron chi connectivity index (χ2n) is 7.23. The van der Waals surface area contributed by atoms with Crippen molar-refractivity contribution in [2.45, 2.75) is 26.3 Å². The van der Waals surface area contributed by atoms with E-state index >= 15 is 0 Å². The molecule has 0 aliphatic heterocycles. The van der Waals surface area contributed by atoms with Gasteiger partial charge in [-0.3, -0.25) is 15.0 Å². The average Bonchev–Trinajstić information content (AvgIpc) is 2.90. The lowest BCUT2D eigenvalue weighted by Crippen LogP contribution is -2.45. The summed E-state index contributed by atoms with van der Waals surface area (Å²) in [6.07, 6.45) is -1.07. The van der Waals surface area contributed by atoms with Gasteiger partial charge < -0.3 is 9.67 Å². The van der Waals surface area contributed by atoms with Crippen LogP contribution in [0, 0.1) is 10.1 Å². The van der Waals surface area contributed by atoms with Crippen molar-refractivity contribution in [1.29, 1.82) is 0 Å². The summed E-state index contributed by atoms with van der Waals surface area (Å²) in [6.45, 7) is 5.45. The third-order valence-electron chi connectivity index (χ3n) is 4.32. The van der Waals surface area contributed by atoms with Crippen LogP contribution in [0.15, 0.2) is 42.5 Å². The lowest BCUT2D eigenvalue weighted by atomic mass is 10.0. The van der Waals surface area contributed by atoms with Gasteiger partial charge in [0.2, 0.25) is 0 Å². The van der Waals surface area contributed by atoms with E-state index in [2.05, 4.69) is 4.98 Å². The first-order valence-corrected chi connectivity index (χ1v) is 8.34. The summed E-state index contributed by atoms with van der Waals surface area (Å²) in [4.78, 5) is 28.3. The number of anilines is 1. The highest BCUT2D eigenvalue weighted by Crippen LogP contribution is 2.35. The molecule has 1 heterocycles. The number of carboxylic acid groups (broad SMARTS) is 1. The van der Waals surface area contributed by atoms with Crippen molar-refractivity contribution in [2.24, 2.45) is 7.05 Å². The van der Waals surface area contributed by atoms with Crippen molar-refractivity contribution < 1.29 is 14.8 Å². The normalized spacial score (nSPS) is 11.6. The van der Waals surface area contributed by atoms with Crippen LogP contribution < -0.4 is 4.90 Å². The second-order valence-corrected chi connectivity index (χ2v) is 7.23. The summed E-state index contributed by atoms with van der Waals surface area (Å²) in [5.74, 6) is 0.539. The molecule has 0 saturated heterocycles. The maximum absolute atomic E-state index is 11.9. The maximum atomic E-state index is 11.9. The van der Waals surface area contributed by atoms with Gasteiger partial charge in [-0.25, -0.2) is 9.78 Å². The largest absolute Gasteiger partial charge is 0.465 e. The van der Waals surface area contributed by atoms with Gasteiger partial charge in [0.05, 0.1) is 21.6 Å². The van der Waals surface area contributed by atoms with Gasteiger partial charge in [0.15, 0.2) is 0 Å². The number of imidazole rings is 1. The van der Waals surface area contributed by atoms with Crippen LogP contribution in [-0.4, -0.2) is 31.2 Å². The molecule has 0 bridgehead atoms. The van der Waals surface area contributed by atoms with E-state index in [1.54, 1.807) is 35.9 Å². The first-order valence-electron chi connectivity index (χ1n) is 8.34. The summed E-state index contributed by atoms with van der Waals surface area (Å²) in [5.41, 5.74) is 1.65. The number of rotatable bonds is 3. The number of nitro groups is 1. The van der Waals surface area contributed by atoms with Gasteiger partial charge in [0.1, 0.15) is 5.82 Å². The number of non-ortho nitro benzene ring substituents is 1. The lowest BCUT2D eigenvalue weighted by Gasteiger charge is -2.34. The van der Waals surface area contributed by atoms with Crippen molar-refractivity contribution in [3.63, 3.8) is 0 Å². The number of nitro benzene ring substituents is 1. The molecule has 1 N–H and O–H groups in total. The molecule has 1 aromatic heterocycles. The smallest absolute Gasteiger partial charge is 0.412 e. The van der Waals surface area contributed by atoms with Crippen molar-refractivity contribution >= 4 is 28.5 Å². The summed E-state index contributed by atoms with van der Waals surface area (Å²) < 4.78 is 1.81. The molecule has 0 atom stereocenters. The van der Waals surface area contributed by atoms with Crippen LogP contribution in [0.2, 0.25) is 0 Å². The van der Waals surface area contributed by atoms with Gasteiger partial charge in [-0.1, -0.05) is 12.1 Å². The number of carbonyl (C=O) groups is 1. The summed E-state index contributed by atoms with van der Waals surface area (Å²) in [7, 11) is 1.80. The molecule has 2 aromatic carbocycles. The molecule has 0 radical (unpaired) electrons. The molecule has 3 rings (SSSR count). The van der Waals surface area contributed by atoms with Gasteiger partial charge in [-0.05, 0) is 39.0 Å². The van der Waals surface area contributed by atoms with E-state index in [1.165, 1.54) is 17.0 Å². The molecule has 0 aliphatic carbocycles. The number of para-hydroxylation sites is 1. The van der Waals surface area contributed by atoms with Crippen molar-refractivity contribution in [1.82, 2.24) is 9.55 Å². The molecule has 8 nitrogen and oxygen atoms in total. The molecule has 0 unspecified atom stereocenters. The molecular weight excluding hydrogens is 348 g/mol. The van der Waals surface area contributed by atoms with Crippen LogP contribution >= 0.6 is 0 Å². The summed E-state index contributed by atoms with van der Waals surface area (Å²) in [6, 6.07) is 11.6. The first-order chi connectivity index (χ1) is 12.6. The number of hydrogen-bond acceptors (Lipinski definition) is 4. The van der Waals surface area contributed by atoms with E-state index in [0.717, 1.165) is 5.52 Å². The fourth-order valence-electron chi connectivity index (χ4n) is 3.15. The van der Waals surface area contributed by atoms with E-state index in [-0.39, 0.29) is 5.69 Å². The van der Waals surface area contributed by atoms with E-state index in [0.29, 0.717) is 22.6 Å². The number of amides is 1. The standard InChI is InChI=1S/C19H20N4O4/c1-19(2,3)22(18(24)25)15-8-6-5-7-13(15)17-20-14-11-12(23(26)27)9-10-16(14)21(17)4/h5-11H,1-4H3,(H,24,25). The molecule has 27 heavy (non-hydrogen) atoms. The SMILES string of the molecule is Cn1c(-c2ccccc2N(C(=O)O)C(C)(C)C)nc2cc([N+](=O)[O-])ccc21. The fraction of sp³-hybridized carbons (Fsp3) is 0.263. The quantitative estimate of drug-likeness (QED) is 0.544. The number of hydrogen-bond donors (Lipinski definition) is 1. The molecule has 0 aliphatic rings. The topological polar surface area (TPSA) is 102 Å². The fourth-order valence-corrected chi connectivity index (χ4v) is 3.15. The van der Waals surface area contributed by atoms with Crippen LogP contribution in [0.1, 0.15) is 20.8 Å². The summed E-state index contributed by atoms with van der Waals surface area (Å²) in [5, 5.41) is 20.8.